The van der Waals surface area contributed by atoms with Crippen molar-refractivity contribution in [3.05, 3.63) is 29.6 Å². The van der Waals surface area contributed by atoms with E-state index in [-0.39, 0.29) is 24.0 Å². The van der Waals surface area contributed by atoms with Crippen LogP contribution in [0.3, 0.4) is 0 Å². The number of aromatic carboxylic acids is 1. The van der Waals surface area contributed by atoms with Gasteiger partial charge in [0.05, 0.1) is 6.26 Å². The minimum atomic E-state index is -3.29. The van der Waals surface area contributed by atoms with Gasteiger partial charge in [-0.2, -0.15) is 4.31 Å². The van der Waals surface area contributed by atoms with Crippen molar-refractivity contribution in [1.29, 1.82) is 0 Å². The van der Waals surface area contributed by atoms with Gasteiger partial charge in [0.25, 0.3) is 5.91 Å². The van der Waals surface area contributed by atoms with Gasteiger partial charge in [0.1, 0.15) is 11.4 Å². The highest BCUT2D eigenvalue weighted by Crippen LogP contribution is 2.19. The Morgan fingerprint density at radius 1 is 1.41 bits per heavy atom. The lowest BCUT2D eigenvalue weighted by atomic mass is 10.2. The molecule has 9 heteroatoms. The van der Waals surface area contributed by atoms with Crippen LogP contribution in [-0.2, 0) is 10.0 Å². The van der Waals surface area contributed by atoms with Crippen molar-refractivity contribution in [3.8, 4) is 0 Å². The molecule has 1 atom stereocenters. The molecule has 0 aliphatic carbocycles. The molecular weight excluding hydrogens is 310 g/mol. The lowest BCUT2D eigenvalue weighted by Gasteiger charge is -2.22. The second-order valence-corrected chi connectivity index (χ2v) is 7.03. The SMILES string of the molecule is CS(=O)(=O)N1CCC[C@@H]1CNC(=O)c1cccc(C(=O)O)n1. The Bertz CT molecular complexity index is 689. The molecule has 1 aromatic rings. The molecule has 1 saturated heterocycles. The van der Waals surface area contributed by atoms with Gasteiger partial charge in [-0.05, 0) is 25.0 Å². The highest BCUT2D eigenvalue weighted by atomic mass is 32.2. The molecule has 8 nitrogen and oxygen atoms in total. The highest BCUT2D eigenvalue weighted by molar-refractivity contribution is 7.88. The predicted molar refractivity (Wildman–Crippen MR) is 78.1 cm³/mol. The monoisotopic (exact) mass is 327 g/mol. The summed E-state index contributed by atoms with van der Waals surface area (Å²) in [6, 6.07) is 3.86. The van der Waals surface area contributed by atoms with Crippen LogP contribution in [0.15, 0.2) is 18.2 Å². The van der Waals surface area contributed by atoms with Crippen molar-refractivity contribution in [3.63, 3.8) is 0 Å². The summed E-state index contributed by atoms with van der Waals surface area (Å²) in [7, 11) is -3.29. The van der Waals surface area contributed by atoms with Crippen molar-refractivity contribution in [2.45, 2.75) is 18.9 Å². The lowest BCUT2D eigenvalue weighted by Crippen LogP contribution is -2.42. The number of nitrogens with one attached hydrogen (secondary N) is 1. The third-order valence-electron chi connectivity index (χ3n) is 3.45. The minimum absolute atomic E-state index is 0.0104. The van der Waals surface area contributed by atoms with E-state index in [1.165, 1.54) is 22.5 Å². The Morgan fingerprint density at radius 2 is 2.09 bits per heavy atom. The van der Waals surface area contributed by atoms with Crippen molar-refractivity contribution >= 4 is 21.9 Å². The molecule has 1 amide bonds. The number of nitrogens with zero attached hydrogens (tertiary/aromatic N) is 2. The summed E-state index contributed by atoms with van der Waals surface area (Å²) in [5.41, 5.74) is -0.227. The van der Waals surface area contributed by atoms with E-state index in [0.29, 0.717) is 13.0 Å². The van der Waals surface area contributed by atoms with Gasteiger partial charge < -0.3 is 10.4 Å². The normalized spacial score (nSPS) is 19.0. The summed E-state index contributed by atoms with van der Waals surface area (Å²) in [5, 5.41) is 11.5. The lowest BCUT2D eigenvalue weighted by molar-refractivity contribution is 0.0690. The van der Waals surface area contributed by atoms with Crippen LogP contribution >= 0.6 is 0 Å². The van der Waals surface area contributed by atoms with E-state index in [1.807, 2.05) is 0 Å². The van der Waals surface area contributed by atoms with Gasteiger partial charge in [0.2, 0.25) is 10.0 Å². The van der Waals surface area contributed by atoms with Gasteiger partial charge >= 0.3 is 5.97 Å². The quantitative estimate of drug-likeness (QED) is 0.782. The Kier molecular flexibility index (Phi) is 4.77. The number of aromatic nitrogens is 1. The molecule has 120 valence electrons. The van der Waals surface area contributed by atoms with Crippen LogP contribution in [0.4, 0.5) is 0 Å². The second kappa shape index (κ2) is 6.41. The Hall–Kier alpha value is -2.00. The van der Waals surface area contributed by atoms with Gasteiger partial charge in [-0.25, -0.2) is 18.2 Å². The molecule has 0 spiro atoms. The van der Waals surface area contributed by atoms with Crippen LogP contribution < -0.4 is 5.32 Å². The first kappa shape index (κ1) is 16.4. The van der Waals surface area contributed by atoms with E-state index < -0.39 is 21.9 Å². The maximum absolute atomic E-state index is 12.0. The zero-order chi connectivity index (χ0) is 16.3. The Labute approximate surface area is 128 Å². The third kappa shape index (κ3) is 3.80. The molecule has 0 saturated carbocycles. The van der Waals surface area contributed by atoms with Crippen LogP contribution in [-0.4, -0.2) is 60.1 Å². The second-order valence-electron chi connectivity index (χ2n) is 5.09. The Morgan fingerprint density at radius 3 is 2.73 bits per heavy atom. The molecule has 2 rings (SSSR count). The van der Waals surface area contributed by atoms with Crippen molar-refractivity contribution in [1.82, 2.24) is 14.6 Å². The molecule has 0 radical (unpaired) electrons. The van der Waals surface area contributed by atoms with E-state index in [2.05, 4.69) is 10.3 Å². The van der Waals surface area contributed by atoms with E-state index in [4.69, 9.17) is 5.11 Å². The average Bonchev–Trinajstić information content (AvgIpc) is 2.93. The topological polar surface area (TPSA) is 117 Å². The van der Waals surface area contributed by atoms with Gasteiger partial charge in [0, 0.05) is 19.1 Å². The molecule has 0 aromatic carbocycles. The van der Waals surface area contributed by atoms with Crippen LogP contribution in [0.1, 0.15) is 33.8 Å². The standard InChI is InChI=1S/C13H17N3O5S/c1-22(20,21)16-7-3-4-9(16)8-14-12(17)10-5-2-6-11(15-10)13(18)19/h2,5-6,9H,3-4,7-8H2,1H3,(H,14,17)(H,18,19)/t9-/m1/s1. The fourth-order valence-corrected chi connectivity index (χ4v) is 3.61. The molecule has 2 N–H and O–H groups in total. The maximum Gasteiger partial charge on any atom is 0.354 e. The smallest absolute Gasteiger partial charge is 0.354 e. The van der Waals surface area contributed by atoms with Crippen LogP contribution in [0.5, 0.6) is 0 Å². The number of rotatable bonds is 5. The van der Waals surface area contributed by atoms with Crippen molar-refractivity contribution in [2.75, 3.05) is 19.3 Å². The van der Waals surface area contributed by atoms with E-state index in [1.54, 1.807) is 0 Å². The zero-order valence-electron chi connectivity index (χ0n) is 12.0. The number of carboxylic acid groups (broad SMARTS) is 1. The summed E-state index contributed by atoms with van der Waals surface area (Å²) >= 11 is 0. The molecule has 2 heterocycles. The summed E-state index contributed by atoms with van der Waals surface area (Å²) in [6.45, 7) is 0.622. The van der Waals surface area contributed by atoms with Crippen LogP contribution in [0.25, 0.3) is 0 Å². The molecule has 1 aliphatic heterocycles. The number of amides is 1. The average molecular weight is 327 g/mol. The van der Waals surface area contributed by atoms with Gasteiger partial charge in [0.15, 0.2) is 0 Å². The third-order valence-corrected chi connectivity index (χ3v) is 4.78. The van der Waals surface area contributed by atoms with Gasteiger partial charge in [-0.3, -0.25) is 4.79 Å². The summed E-state index contributed by atoms with van der Waals surface area (Å²) in [6.07, 6.45) is 2.57. The predicted octanol–water partition coefficient (Wildman–Crippen LogP) is -0.0664. The number of carbonyl (C=O) groups is 2. The molecule has 1 fully saturated rings. The van der Waals surface area contributed by atoms with E-state index >= 15 is 0 Å². The number of pyridine rings is 1. The van der Waals surface area contributed by atoms with Gasteiger partial charge in [-0.15, -0.1) is 0 Å². The molecule has 22 heavy (non-hydrogen) atoms. The van der Waals surface area contributed by atoms with Gasteiger partial charge in [-0.1, -0.05) is 6.07 Å². The molecular formula is C13H17N3O5S. The highest BCUT2D eigenvalue weighted by Gasteiger charge is 2.31. The first-order valence-corrected chi connectivity index (χ1v) is 8.59. The fourth-order valence-electron chi connectivity index (χ4n) is 2.43. The van der Waals surface area contributed by atoms with Crippen molar-refractivity contribution < 1.29 is 23.1 Å². The van der Waals surface area contributed by atoms with Crippen molar-refractivity contribution in [2.24, 2.45) is 0 Å². The fraction of sp³-hybridized carbons (Fsp3) is 0.462. The minimum Gasteiger partial charge on any atom is -0.477 e. The first-order chi connectivity index (χ1) is 10.3. The molecule has 0 bridgehead atoms. The molecule has 1 aromatic heterocycles. The molecule has 1 aliphatic rings. The zero-order valence-corrected chi connectivity index (χ0v) is 12.8. The largest absolute Gasteiger partial charge is 0.477 e. The number of carboxylic acids is 1. The number of hydrogen-bond acceptors (Lipinski definition) is 5. The van der Waals surface area contributed by atoms with E-state index in [0.717, 1.165) is 12.7 Å². The van der Waals surface area contributed by atoms with Crippen LogP contribution in [0.2, 0.25) is 0 Å². The molecule has 0 unspecified atom stereocenters. The summed E-state index contributed by atoms with van der Waals surface area (Å²) in [4.78, 5) is 26.6. The number of sulfonamides is 1. The number of hydrogen-bond donors (Lipinski definition) is 2. The van der Waals surface area contributed by atoms with Crippen LogP contribution in [0, 0.1) is 0 Å². The Balaban J connectivity index is 2.01. The first-order valence-electron chi connectivity index (χ1n) is 6.74. The summed E-state index contributed by atoms with van der Waals surface area (Å²) in [5.74, 6) is -1.74. The summed E-state index contributed by atoms with van der Waals surface area (Å²) < 4.78 is 24.6. The van der Waals surface area contributed by atoms with E-state index in [9.17, 15) is 18.0 Å². The number of carbonyl (C=O) groups excluding carboxylic acids is 1. The maximum atomic E-state index is 12.0.